The number of pyridine rings is 2. The van der Waals surface area contributed by atoms with E-state index in [-0.39, 0.29) is 5.97 Å². The molecule has 2 aromatic heterocycles. The zero-order chi connectivity index (χ0) is 15.7. The van der Waals surface area contributed by atoms with Crippen molar-refractivity contribution in [3.63, 3.8) is 0 Å². The molecule has 0 bridgehead atoms. The lowest BCUT2D eigenvalue weighted by Crippen LogP contribution is -2.02. The van der Waals surface area contributed by atoms with Crippen LogP contribution >= 0.6 is 59.6 Å². The van der Waals surface area contributed by atoms with E-state index in [2.05, 4.69) is 62.5 Å². The van der Waals surface area contributed by atoms with Crippen LogP contribution < -0.4 is 0 Å². The van der Waals surface area contributed by atoms with Crippen LogP contribution in [0.3, 0.4) is 0 Å². The first-order valence-corrected chi connectivity index (χ1v) is 8.94. The van der Waals surface area contributed by atoms with Gasteiger partial charge in [0.25, 0.3) is 0 Å². The zero-order valence-electron chi connectivity index (χ0n) is 10.9. The molecule has 0 amide bonds. The maximum atomic E-state index is 10.8. The monoisotopic (exact) mass is 496 g/mol. The van der Waals surface area contributed by atoms with Crippen molar-refractivity contribution in [2.45, 2.75) is 4.90 Å². The molecule has 0 aliphatic heterocycles. The Morgan fingerprint density at radius 1 is 1.05 bits per heavy atom. The molecular formula is C13H11Br3N2O2S. The normalized spacial score (nSPS) is 9.52. The van der Waals surface area contributed by atoms with Gasteiger partial charge in [-0.2, -0.15) is 0 Å². The molecule has 0 saturated heterocycles. The predicted molar refractivity (Wildman–Crippen MR) is 94.3 cm³/mol. The van der Waals surface area contributed by atoms with Crippen LogP contribution in [0.5, 0.6) is 0 Å². The van der Waals surface area contributed by atoms with Gasteiger partial charge in [0, 0.05) is 43.1 Å². The Balaban J connectivity index is 0.000000235. The second kappa shape index (κ2) is 10.3. The zero-order valence-corrected chi connectivity index (χ0v) is 16.5. The van der Waals surface area contributed by atoms with Crippen LogP contribution in [-0.2, 0) is 9.53 Å². The summed E-state index contributed by atoms with van der Waals surface area (Å²) in [5.41, 5.74) is 0. The number of carbonyl (C=O) groups is 1. The fraction of sp³-hybridized carbons (Fsp3) is 0.154. The summed E-state index contributed by atoms with van der Waals surface area (Å²) >= 11 is 11.2. The Kier molecular flexibility index (Phi) is 9.14. The van der Waals surface area contributed by atoms with Crippen LogP contribution in [0.2, 0.25) is 0 Å². The van der Waals surface area contributed by atoms with E-state index in [0.29, 0.717) is 5.75 Å². The lowest BCUT2D eigenvalue weighted by Gasteiger charge is -1.99. The van der Waals surface area contributed by atoms with E-state index in [0.717, 1.165) is 18.3 Å². The summed E-state index contributed by atoms with van der Waals surface area (Å²) in [6.45, 7) is 0. The fourth-order valence-electron chi connectivity index (χ4n) is 1.06. The largest absolute Gasteiger partial charge is 0.468 e. The molecule has 8 heteroatoms. The van der Waals surface area contributed by atoms with Crippen LogP contribution in [0, 0.1) is 0 Å². The molecule has 0 atom stereocenters. The molecule has 0 aromatic carbocycles. The predicted octanol–water partition coefficient (Wildman–Crippen LogP) is 4.72. The first kappa shape index (κ1) is 18.6. The molecule has 0 N–H and O–H groups in total. The number of methoxy groups -OCH3 is 1. The number of esters is 1. The number of rotatable bonds is 3. The van der Waals surface area contributed by atoms with Crippen molar-refractivity contribution in [1.82, 2.24) is 9.97 Å². The number of hydrogen-bond acceptors (Lipinski definition) is 5. The molecule has 2 rings (SSSR count). The van der Waals surface area contributed by atoms with Gasteiger partial charge >= 0.3 is 5.97 Å². The van der Waals surface area contributed by atoms with Gasteiger partial charge in [-0.15, -0.1) is 11.8 Å². The first-order valence-electron chi connectivity index (χ1n) is 5.57. The van der Waals surface area contributed by atoms with Crippen molar-refractivity contribution < 1.29 is 9.53 Å². The summed E-state index contributed by atoms with van der Waals surface area (Å²) in [5.74, 6) is 0.0826. The third kappa shape index (κ3) is 8.55. The van der Waals surface area contributed by atoms with Gasteiger partial charge in [-0.1, -0.05) is 0 Å². The van der Waals surface area contributed by atoms with Crippen LogP contribution in [0.15, 0.2) is 55.2 Å². The lowest BCUT2D eigenvalue weighted by molar-refractivity contribution is -0.137. The molecule has 112 valence electrons. The van der Waals surface area contributed by atoms with E-state index >= 15 is 0 Å². The standard InChI is InChI=1S/C8H8BrNO2S.C5H3Br2N/c1-12-8(11)5-13-7-2-6(9)3-10-4-7;6-4-1-5(7)3-8-2-4/h2-4H,5H2,1H3;1-3H. The Morgan fingerprint density at radius 2 is 1.57 bits per heavy atom. The quantitative estimate of drug-likeness (QED) is 0.453. The van der Waals surface area contributed by atoms with Gasteiger partial charge < -0.3 is 4.74 Å². The highest BCUT2D eigenvalue weighted by Crippen LogP contribution is 2.20. The van der Waals surface area contributed by atoms with Gasteiger partial charge in [0.2, 0.25) is 0 Å². The molecule has 0 radical (unpaired) electrons. The second-order valence-corrected chi connectivity index (χ2v) is 7.32. The third-order valence-electron chi connectivity index (χ3n) is 1.94. The first-order chi connectivity index (χ1) is 10.0. The van der Waals surface area contributed by atoms with E-state index in [4.69, 9.17) is 0 Å². The molecule has 21 heavy (non-hydrogen) atoms. The fourth-order valence-corrected chi connectivity index (χ4v) is 3.36. The van der Waals surface area contributed by atoms with Crippen LogP contribution in [0.4, 0.5) is 0 Å². The van der Waals surface area contributed by atoms with Gasteiger partial charge in [-0.05, 0) is 59.9 Å². The van der Waals surface area contributed by atoms with Crippen LogP contribution in [0.25, 0.3) is 0 Å². The number of ether oxygens (including phenoxy) is 1. The molecule has 2 aromatic rings. The topological polar surface area (TPSA) is 52.1 Å². The minimum absolute atomic E-state index is 0.232. The van der Waals surface area contributed by atoms with E-state index < -0.39 is 0 Å². The number of thioether (sulfide) groups is 1. The van der Waals surface area contributed by atoms with Gasteiger partial charge in [-0.25, -0.2) is 0 Å². The average molecular weight is 499 g/mol. The molecule has 0 aliphatic rings. The maximum Gasteiger partial charge on any atom is 0.315 e. The number of nitrogens with zero attached hydrogens (tertiary/aromatic N) is 2. The highest BCUT2D eigenvalue weighted by molar-refractivity contribution is 9.11. The number of halogens is 3. The summed E-state index contributed by atoms with van der Waals surface area (Å²) in [6.07, 6.45) is 6.89. The SMILES string of the molecule is Brc1cncc(Br)c1.COC(=O)CSc1cncc(Br)c1. The van der Waals surface area contributed by atoms with Crippen molar-refractivity contribution in [3.8, 4) is 0 Å². The summed E-state index contributed by atoms with van der Waals surface area (Å²) in [5, 5.41) is 0. The summed E-state index contributed by atoms with van der Waals surface area (Å²) in [7, 11) is 1.38. The van der Waals surface area contributed by atoms with Gasteiger partial charge in [0.1, 0.15) is 0 Å². The molecule has 0 saturated carbocycles. The Labute approximate surface area is 152 Å². The van der Waals surface area contributed by atoms with E-state index in [1.54, 1.807) is 24.8 Å². The van der Waals surface area contributed by atoms with Crippen LogP contribution in [-0.4, -0.2) is 28.8 Å². The molecule has 2 heterocycles. The van der Waals surface area contributed by atoms with Gasteiger partial charge in [0.15, 0.2) is 0 Å². The highest BCUT2D eigenvalue weighted by atomic mass is 79.9. The molecule has 0 aliphatic carbocycles. The minimum atomic E-state index is -0.232. The van der Waals surface area contributed by atoms with Crippen molar-refractivity contribution >= 4 is 65.5 Å². The van der Waals surface area contributed by atoms with Crippen molar-refractivity contribution in [3.05, 3.63) is 50.3 Å². The van der Waals surface area contributed by atoms with Crippen LogP contribution in [0.1, 0.15) is 0 Å². The Morgan fingerprint density at radius 3 is 2.00 bits per heavy atom. The van der Waals surface area contributed by atoms with Gasteiger partial charge in [-0.3, -0.25) is 14.8 Å². The molecule has 0 fully saturated rings. The number of aromatic nitrogens is 2. The van der Waals surface area contributed by atoms with Crippen molar-refractivity contribution in [1.29, 1.82) is 0 Å². The Hall–Kier alpha value is -0.440. The minimum Gasteiger partial charge on any atom is -0.468 e. The number of carbonyl (C=O) groups excluding carboxylic acids is 1. The lowest BCUT2D eigenvalue weighted by atomic mass is 10.5. The summed E-state index contributed by atoms with van der Waals surface area (Å²) < 4.78 is 7.40. The molecule has 0 spiro atoms. The maximum absolute atomic E-state index is 10.8. The molecule has 0 unspecified atom stereocenters. The third-order valence-corrected chi connectivity index (χ3v) is 4.17. The van der Waals surface area contributed by atoms with E-state index in [9.17, 15) is 4.79 Å². The van der Waals surface area contributed by atoms with Crippen molar-refractivity contribution in [2.75, 3.05) is 12.9 Å². The summed E-state index contributed by atoms with van der Waals surface area (Å²) in [4.78, 5) is 19.6. The Bertz CT molecular complexity index is 582. The second-order valence-electron chi connectivity index (χ2n) is 3.53. The smallest absolute Gasteiger partial charge is 0.315 e. The van der Waals surface area contributed by atoms with Crippen molar-refractivity contribution in [2.24, 2.45) is 0 Å². The highest BCUT2D eigenvalue weighted by Gasteiger charge is 2.02. The van der Waals surface area contributed by atoms with E-state index in [1.807, 2.05) is 12.1 Å². The average Bonchev–Trinajstić information content (AvgIpc) is 2.45. The summed E-state index contributed by atoms with van der Waals surface area (Å²) in [6, 6.07) is 3.84. The molecular weight excluding hydrogens is 488 g/mol. The van der Waals surface area contributed by atoms with Gasteiger partial charge in [0.05, 0.1) is 12.9 Å². The van der Waals surface area contributed by atoms with E-state index in [1.165, 1.54) is 18.9 Å². The molecule has 4 nitrogen and oxygen atoms in total. The number of hydrogen-bond donors (Lipinski definition) is 0.